The molecule has 3 rings (SSSR count). The summed E-state index contributed by atoms with van der Waals surface area (Å²) in [5, 5.41) is 6.51. The zero-order valence-corrected chi connectivity index (χ0v) is 15.0. The second-order valence-electron chi connectivity index (χ2n) is 5.99. The lowest BCUT2D eigenvalue weighted by Gasteiger charge is -2.46. The van der Waals surface area contributed by atoms with Crippen molar-refractivity contribution in [1.29, 1.82) is 0 Å². The van der Waals surface area contributed by atoms with E-state index in [1.54, 1.807) is 13.1 Å². The first-order valence-corrected chi connectivity index (χ1v) is 8.74. The SMILES string of the molecule is CC.CNc1cc(F)cc(Cl)c1.O=CC1CCC2(CC1)CNC2. The number of hydrogen-bond donors (Lipinski definition) is 2. The van der Waals surface area contributed by atoms with E-state index < -0.39 is 0 Å². The zero-order valence-electron chi connectivity index (χ0n) is 14.3. The second-order valence-corrected chi connectivity index (χ2v) is 6.42. The van der Waals surface area contributed by atoms with Crippen LogP contribution in [0.4, 0.5) is 10.1 Å². The van der Waals surface area contributed by atoms with Gasteiger partial charge in [0.05, 0.1) is 0 Å². The third-order valence-corrected chi connectivity index (χ3v) is 4.65. The Morgan fingerprint density at radius 3 is 2.26 bits per heavy atom. The van der Waals surface area contributed by atoms with Crippen molar-refractivity contribution in [3.05, 3.63) is 29.0 Å². The Hall–Kier alpha value is -1.13. The minimum absolute atomic E-state index is 0.322. The van der Waals surface area contributed by atoms with Crippen molar-refractivity contribution in [3.8, 4) is 0 Å². The van der Waals surface area contributed by atoms with Crippen molar-refractivity contribution >= 4 is 23.6 Å². The summed E-state index contributed by atoms with van der Waals surface area (Å²) in [6, 6.07) is 4.30. The van der Waals surface area contributed by atoms with Crippen LogP contribution >= 0.6 is 11.6 Å². The molecule has 5 heteroatoms. The minimum Gasteiger partial charge on any atom is -0.388 e. The van der Waals surface area contributed by atoms with Crippen molar-refractivity contribution in [2.45, 2.75) is 39.5 Å². The molecule has 0 bridgehead atoms. The Morgan fingerprint density at radius 2 is 1.87 bits per heavy atom. The number of rotatable bonds is 2. The van der Waals surface area contributed by atoms with E-state index in [9.17, 15) is 9.18 Å². The summed E-state index contributed by atoms with van der Waals surface area (Å²) in [6.07, 6.45) is 5.93. The Morgan fingerprint density at radius 1 is 1.26 bits per heavy atom. The first-order chi connectivity index (χ1) is 11.1. The van der Waals surface area contributed by atoms with E-state index in [0.29, 0.717) is 22.0 Å². The number of nitrogens with one attached hydrogen (secondary N) is 2. The van der Waals surface area contributed by atoms with E-state index in [1.165, 1.54) is 38.1 Å². The van der Waals surface area contributed by atoms with Crippen LogP contribution in [0.25, 0.3) is 0 Å². The van der Waals surface area contributed by atoms with Gasteiger partial charge in [-0.3, -0.25) is 0 Å². The normalized spacial score (nSPS) is 18.7. The third kappa shape index (κ3) is 6.11. The van der Waals surface area contributed by atoms with Crippen LogP contribution in [-0.2, 0) is 4.79 Å². The van der Waals surface area contributed by atoms with Crippen molar-refractivity contribution in [2.24, 2.45) is 11.3 Å². The number of anilines is 1. The fourth-order valence-corrected chi connectivity index (χ4v) is 3.14. The van der Waals surface area contributed by atoms with Crippen LogP contribution in [0.5, 0.6) is 0 Å². The van der Waals surface area contributed by atoms with Crippen LogP contribution in [0.1, 0.15) is 39.5 Å². The van der Waals surface area contributed by atoms with Gasteiger partial charge >= 0.3 is 0 Å². The lowest BCUT2D eigenvalue weighted by molar-refractivity contribution is -0.113. The molecule has 1 aliphatic heterocycles. The summed E-state index contributed by atoms with van der Waals surface area (Å²) in [5.74, 6) is 0.0538. The molecule has 130 valence electrons. The largest absolute Gasteiger partial charge is 0.388 e. The zero-order chi connectivity index (χ0) is 17.3. The van der Waals surface area contributed by atoms with Crippen LogP contribution in [0.3, 0.4) is 0 Å². The third-order valence-electron chi connectivity index (χ3n) is 4.43. The summed E-state index contributed by atoms with van der Waals surface area (Å²) in [7, 11) is 1.71. The summed E-state index contributed by atoms with van der Waals surface area (Å²) < 4.78 is 12.5. The van der Waals surface area contributed by atoms with E-state index in [4.69, 9.17) is 11.6 Å². The number of carbonyl (C=O) groups is 1. The molecular formula is C18H28ClFN2O. The van der Waals surface area contributed by atoms with Crippen LogP contribution in [0.2, 0.25) is 5.02 Å². The topological polar surface area (TPSA) is 41.1 Å². The average Bonchev–Trinajstić information content (AvgIpc) is 2.55. The Balaban J connectivity index is 0.000000209. The van der Waals surface area contributed by atoms with Crippen LogP contribution in [-0.4, -0.2) is 26.4 Å². The van der Waals surface area contributed by atoms with Gasteiger partial charge in [-0.2, -0.15) is 0 Å². The number of benzene rings is 1. The van der Waals surface area contributed by atoms with Crippen molar-refractivity contribution in [2.75, 3.05) is 25.5 Å². The van der Waals surface area contributed by atoms with Gasteiger partial charge in [-0.05, 0) is 49.3 Å². The number of aldehydes is 1. The van der Waals surface area contributed by atoms with Gasteiger partial charge in [0.2, 0.25) is 0 Å². The van der Waals surface area contributed by atoms with E-state index in [2.05, 4.69) is 10.6 Å². The van der Waals surface area contributed by atoms with Crippen molar-refractivity contribution in [3.63, 3.8) is 0 Å². The maximum Gasteiger partial charge on any atom is 0.126 e. The minimum atomic E-state index is -0.322. The molecule has 2 aliphatic rings. The number of carbonyl (C=O) groups excluding carboxylic acids is 1. The molecule has 0 amide bonds. The molecule has 23 heavy (non-hydrogen) atoms. The Labute approximate surface area is 144 Å². The fourth-order valence-electron chi connectivity index (χ4n) is 2.92. The van der Waals surface area contributed by atoms with E-state index >= 15 is 0 Å². The molecular weight excluding hydrogens is 315 g/mol. The smallest absolute Gasteiger partial charge is 0.126 e. The molecule has 1 heterocycles. The highest BCUT2D eigenvalue weighted by molar-refractivity contribution is 6.30. The predicted molar refractivity (Wildman–Crippen MR) is 95.6 cm³/mol. The van der Waals surface area contributed by atoms with E-state index in [1.807, 2.05) is 13.8 Å². The van der Waals surface area contributed by atoms with Crippen molar-refractivity contribution in [1.82, 2.24) is 5.32 Å². The number of halogens is 2. The van der Waals surface area contributed by atoms with Gasteiger partial charge in [-0.1, -0.05) is 25.4 Å². The molecule has 1 aromatic rings. The standard InChI is InChI=1S/C9H15NO.C7H7ClFN.C2H6/c11-5-8-1-3-9(4-2-8)6-10-7-9;1-10-7-3-5(8)2-6(9)4-7;1-2/h5,8,10H,1-4,6-7H2;2-4,10H,1H3;1-2H3. The second kappa shape index (κ2) is 9.89. The van der Waals surface area contributed by atoms with E-state index in [0.717, 1.165) is 19.1 Å². The van der Waals surface area contributed by atoms with Crippen LogP contribution in [0.15, 0.2) is 18.2 Å². The average molecular weight is 343 g/mol. The maximum atomic E-state index is 12.5. The molecule has 0 atom stereocenters. The van der Waals surface area contributed by atoms with Gasteiger partial charge in [0.15, 0.2) is 0 Å². The lowest BCUT2D eigenvalue weighted by atomic mass is 9.67. The highest BCUT2D eigenvalue weighted by Gasteiger charge is 2.39. The van der Waals surface area contributed by atoms with Gasteiger partial charge in [0.25, 0.3) is 0 Å². The predicted octanol–water partition coefficient (Wildman–Crippen LogP) is 4.51. The first kappa shape index (κ1) is 19.9. The summed E-state index contributed by atoms with van der Waals surface area (Å²) in [6.45, 7) is 6.39. The van der Waals surface area contributed by atoms with Crippen LogP contribution in [0, 0.1) is 17.2 Å². The maximum absolute atomic E-state index is 12.5. The summed E-state index contributed by atoms with van der Waals surface area (Å²) in [5.41, 5.74) is 1.30. The van der Waals surface area contributed by atoms with Gasteiger partial charge in [0, 0.05) is 36.8 Å². The van der Waals surface area contributed by atoms with Crippen molar-refractivity contribution < 1.29 is 9.18 Å². The molecule has 0 aromatic heterocycles. The van der Waals surface area contributed by atoms with E-state index in [-0.39, 0.29) is 5.82 Å². The highest BCUT2D eigenvalue weighted by atomic mass is 35.5. The molecule has 1 saturated carbocycles. The van der Waals surface area contributed by atoms with Crippen LogP contribution < -0.4 is 10.6 Å². The molecule has 2 fully saturated rings. The molecule has 0 radical (unpaired) electrons. The quantitative estimate of drug-likeness (QED) is 0.777. The number of hydrogen-bond acceptors (Lipinski definition) is 3. The van der Waals surface area contributed by atoms with Gasteiger partial charge in [0.1, 0.15) is 12.1 Å². The summed E-state index contributed by atoms with van der Waals surface area (Å²) >= 11 is 5.55. The van der Waals surface area contributed by atoms with Gasteiger partial charge in [-0.15, -0.1) is 0 Å². The molecule has 1 spiro atoms. The highest BCUT2D eigenvalue weighted by Crippen LogP contribution is 2.40. The molecule has 1 aromatic carbocycles. The molecule has 3 nitrogen and oxygen atoms in total. The molecule has 0 unspecified atom stereocenters. The fraction of sp³-hybridized carbons (Fsp3) is 0.611. The monoisotopic (exact) mass is 342 g/mol. The molecule has 1 aliphatic carbocycles. The van der Waals surface area contributed by atoms with Gasteiger partial charge < -0.3 is 15.4 Å². The lowest BCUT2D eigenvalue weighted by Crippen LogP contribution is -2.54. The first-order valence-electron chi connectivity index (χ1n) is 8.37. The Bertz CT molecular complexity index is 462. The Kier molecular flexibility index (Phi) is 8.56. The summed E-state index contributed by atoms with van der Waals surface area (Å²) in [4.78, 5) is 10.5. The van der Waals surface area contributed by atoms with Gasteiger partial charge in [-0.25, -0.2) is 4.39 Å². The molecule has 2 N–H and O–H groups in total. The molecule has 1 saturated heterocycles.